The fourth-order valence-corrected chi connectivity index (χ4v) is 3.42. The zero-order chi connectivity index (χ0) is 13.9. The fraction of sp³-hybridized carbons (Fsp3) is 0.214. The maximum absolute atomic E-state index is 12.7. The van der Waals surface area contributed by atoms with Crippen molar-refractivity contribution in [2.75, 3.05) is 0 Å². The molecule has 2 aromatic heterocycles. The van der Waals surface area contributed by atoms with Crippen molar-refractivity contribution in [3.8, 4) is 11.4 Å². The SMILES string of the molecule is Cc1cc(Br)c2nc3n(c(=O)c2c1)CCc1n[nH]cc1-3. The van der Waals surface area contributed by atoms with Gasteiger partial charge < -0.3 is 0 Å². The second-order valence-electron chi connectivity index (χ2n) is 5.03. The molecule has 0 saturated carbocycles. The molecule has 4 rings (SSSR count). The highest BCUT2D eigenvalue weighted by molar-refractivity contribution is 9.10. The van der Waals surface area contributed by atoms with Gasteiger partial charge in [-0.25, -0.2) is 4.98 Å². The van der Waals surface area contributed by atoms with Gasteiger partial charge in [-0.3, -0.25) is 14.5 Å². The second kappa shape index (κ2) is 4.02. The predicted molar refractivity (Wildman–Crippen MR) is 79.7 cm³/mol. The van der Waals surface area contributed by atoms with Crippen molar-refractivity contribution in [2.24, 2.45) is 0 Å². The van der Waals surface area contributed by atoms with Gasteiger partial charge in [-0.05, 0) is 40.5 Å². The first-order chi connectivity index (χ1) is 9.65. The van der Waals surface area contributed by atoms with E-state index >= 15 is 0 Å². The number of fused-ring (bicyclic) bond motifs is 4. The summed E-state index contributed by atoms with van der Waals surface area (Å²) in [4.78, 5) is 17.4. The average Bonchev–Trinajstić information content (AvgIpc) is 2.89. The Morgan fingerprint density at radius 1 is 1.40 bits per heavy atom. The Balaban J connectivity index is 2.17. The van der Waals surface area contributed by atoms with Gasteiger partial charge in [0, 0.05) is 23.6 Å². The van der Waals surface area contributed by atoms with E-state index in [0.717, 1.165) is 27.7 Å². The summed E-state index contributed by atoms with van der Waals surface area (Å²) in [6.07, 6.45) is 2.56. The Morgan fingerprint density at radius 3 is 3.10 bits per heavy atom. The molecule has 0 radical (unpaired) electrons. The molecule has 1 N–H and O–H groups in total. The summed E-state index contributed by atoms with van der Waals surface area (Å²) in [5.74, 6) is 0.696. The van der Waals surface area contributed by atoms with Crippen LogP contribution in [0.1, 0.15) is 11.3 Å². The molecule has 0 fully saturated rings. The molecule has 0 bridgehead atoms. The minimum absolute atomic E-state index is 0.0150. The van der Waals surface area contributed by atoms with Crippen molar-refractivity contribution in [3.05, 3.63) is 44.4 Å². The van der Waals surface area contributed by atoms with E-state index in [1.165, 1.54) is 0 Å². The van der Waals surface area contributed by atoms with E-state index in [9.17, 15) is 4.79 Å². The summed E-state index contributed by atoms with van der Waals surface area (Å²) in [5.41, 5.74) is 3.66. The van der Waals surface area contributed by atoms with E-state index in [1.807, 2.05) is 19.1 Å². The smallest absolute Gasteiger partial charge is 0.261 e. The van der Waals surface area contributed by atoms with Crippen LogP contribution < -0.4 is 5.56 Å². The number of halogens is 1. The zero-order valence-electron chi connectivity index (χ0n) is 10.8. The third-order valence-electron chi connectivity index (χ3n) is 3.69. The number of benzene rings is 1. The van der Waals surface area contributed by atoms with E-state index in [1.54, 1.807) is 10.8 Å². The molecule has 100 valence electrons. The van der Waals surface area contributed by atoms with Gasteiger partial charge >= 0.3 is 0 Å². The summed E-state index contributed by atoms with van der Waals surface area (Å²) >= 11 is 3.51. The lowest BCUT2D eigenvalue weighted by atomic mass is 10.1. The normalized spacial score (nSPS) is 13.3. The summed E-state index contributed by atoms with van der Waals surface area (Å²) in [6.45, 7) is 2.60. The highest BCUT2D eigenvalue weighted by atomic mass is 79.9. The second-order valence-corrected chi connectivity index (χ2v) is 5.89. The molecule has 0 amide bonds. The van der Waals surface area contributed by atoms with Crippen LogP contribution in [-0.2, 0) is 13.0 Å². The molecule has 3 aromatic rings. The number of aromatic nitrogens is 4. The monoisotopic (exact) mass is 330 g/mol. The summed E-state index contributed by atoms with van der Waals surface area (Å²) in [7, 11) is 0. The zero-order valence-corrected chi connectivity index (χ0v) is 12.4. The lowest BCUT2D eigenvalue weighted by Gasteiger charge is -2.18. The van der Waals surface area contributed by atoms with Crippen LogP contribution in [0, 0.1) is 6.92 Å². The number of H-pyrrole nitrogens is 1. The first kappa shape index (κ1) is 11.8. The van der Waals surface area contributed by atoms with Crippen LogP contribution in [0.25, 0.3) is 22.3 Å². The van der Waals surface area contributed by atoms with Crippen LogP contribution in [0.2, 0.25) is 0 Å². The Morgan fingerprint density at radius 2 is 2.25 bits per heavy atom. The number of nitrogens with one attached hydrogen (secondary N) is 1. The molecular formula is C14H11BrN4O. The van der Waals surface area contributed by atoms with Gasteiger partial charge in [-0.15, -0.1) is 0 Å². The average molecular weight is 331 g/mol. The van der Waals surface area contributed by atoms with Crippen molar-refractivity contribution < 1.29 is 0 Å². The van der Waals surface area contributed by atoms with Crippen LogP contribution >= 0.6 is 15.9 Å². The van der Waals surface area contributed by atoms with Gasteiger partial charge in [0.25, 0.3) is 5.56 Å². The summed E-state index contributed by atoms with van der Waals surface area (Å²) in [6, 6.07) is 3.87. The van der Waals surface area contributed by atoms with Crippen molar-refractivity contribution in [2.45, 2.75) is 19.9 Å². The Kier molecular flexibility index (Phi) is 2.38. The minimum atomic E-state index is 0.0150. The number of aryl methyl sites for hydroxylation is 2. The third kappa shape index (κ3) is 1.51. The maximum Gasteiger partial charge on any atom is 0.261 e. The van der Waals surface area contributed by atoms with Crippen LogP contribution in [0.5, 0.6) is 0 Å². The summed E-state index contributed by atoms with van der Waals surface area (Å²) in [5, 5.41) is 7.72. The van der Waals surface area contributed by atoms with Gasteiger partial charge in [0.1, 0.15) is 5.82 Å². The number of aromatic amines is 1. The molecule has 3 heterocycles. The number of hydrogen-bond acceptors (Lipinski definition) is 3. The number of rotatable bonds is 0. The lowest BCUT2D eigenvalue weighted by Crippen LogP contribution is -2.27. The lowest BCUT2D eigenvalue weighted by molar-refractivity contribution is 0.643. The quantitative estimate of drug-likeness (QED) is 0.688. The van der Waals surface area contributed by atoms with Gasteiger partial charge in [0.15, 0.2) is 0 Å². The molecule has 1 aliphatic heterocycles. The molecule has 0 aliphatic carbocycles. The first-order valence-corrected chi connectivity index (χ1v) is 7.18. The van der Waals surface area contributed by atoms with Crippen molar-refractivity contribution >= 4 is 26.8 Å². The first-order valence-electron chi connectivity index (χ1n) is 6.39. The van der Waals surface area contributed by atoms with Crippen LogP contribution in [0.4, 0.5) is 0 Å². The van der Waals surface area contributed by atoms with Crippen LogP contribution in [0.3, 0.4) is 0 Å². The van der Waals surface area contributed by atoms with Crippen LogP contribution in [0.15, 0.2) is 27.6 Å². The highest BCUT2D eigenvalue weighted by Gasteiger charge is 2.22. The van der Waals surface area contributed by atoms with E-state index in [-0.39, 0.29) is 5.56 Å². The van der Waals surface area contributed by atoms with E-state index in [4.69, 9.17) is 0 Å². The molecule has 0 spiro atoms. The van der Waals surface area contributed by atoms with Gasteiger partial charge in [0.2, 0.25) is 0 Å². The van der Waals surface area contributed by atoms with Crippen molar-refractivity contribution in [1.29, 1.82) is 0 Å². The fourth-order valence-electron chi connectivity index (χ4n) is 2.75. The molecule has 1 aromatic carbocycles. The Labute approximate surface area is 122 Å². The Hall–Kier alpha value is -1.95. The topological polar surface area (TPSA) is 63.6 Å². The van der Waals surface area contributed by atoms with Crippen molar-refractivity contribution in [3.63, 3.8) is 0 Å². The maximum atomic E-state index is 12.7. The van der Waals surface area contributed by atoms with Crippen LogP contribution in [-0.4, -0.2) is 19.7 Å². The number of hydrogen-bond donors (Lipinski definition) is 1. The third-order valence-corrected chi connectivity index (χ3v) is 4.29. The highest BCUT2D eigenvalue weighted by Crippen LogP contribution is 2.29. The standard InChI is InChI=1S/C14H11BrN4O/c1-7-4-8-12(10(15)5-7)17-13-9-6-16-18-11(9)2-3-19(13)14(8)20/h4-6H,2-3H2,1H3,(H,16,18). The predicted octanol–water partition coefficient (Wildman–Crippen LogP) is 2.41. The Bertz CT molecular complexity index is 909. The molecule has 20 heavy (non-hydrogen) atoms. The van der Waals surface area contributed by atoms with Gasteiger partial charge in [-0.2, -0.15) is 5.10 Å². The van der Waals surface area contributed by atoms with Gasteiger partial charge in [0.05, 0.1) is 22.2 Å². The molecule has 6 heteroatoms. The molecule has 1 aliphatic rings. The van der Waals surface area contributed by atoms with E-state index in [0.29, 0.717) is 23.3 Å². The largest absolute Gasteiger partial charge is 0.292 e. The van der Waals surface area contributed by atoms with Gasteiger partial charge in [-0.1, -0.05) is 0 Å². The minimum Gasteiger partial charge on any atom is -0.292 e. The van der Waals surface area contributed by atoms with E-state index < -0.39 is 0 Å². The summed E-state index contributed by atoms with van der Waals surface area (Å²) < 4.78 is 2.59. The molecule has 5 nitrogen and oxygen atoms in total. The molecular weight excluding hydrogens is 320 g/mol. The molecule has 0 unspecified atom stereocenters. The van der Waals surface area contributed by atoms with Crippen molar-refractivity contribution in [1.82, 2.24) is 19.7 Å². The molecule has 0 atom stereocenters. The number of nitrogens with zero attached hydrogens (tertiary/aromatic N) is 3. The van der Waals surface area contributed by atoms with E-state index in [2.05, 4.69) is 31.1 Å². The molecule has 0 saturated heterocycles.